The van der Waals surface area contributed by atoms with Gasteiger partial charge in [-0.2, -0.15) is 0 Å². The summed E-state index contributed by atoms with van der Waals surface area (Å²) in [6.45, 7) is 3.51. The Morgan fingerprint density at radius 3 is 2.38 bits per heavy atom. The first-order chi connectivity index (χ1) is 12.7. The highest BCUT2D eigenvalue weighted by Crippen LogP contribution is 2.24. The summed E-state index contributed by atoms with van der Waals surface area (Å²) < 4.78 is 10.6. The number of hydrogen-bond acceptors (Lipinski definition) is 4. The van der Waals surface area contributed by atoms with Crippen molar-refractivity contribution < 1.29 is 14.3 Å². The van der Waals surface area contributed by atoms with E-state index in [0.717, 1.165) is 24.4 Å². The van der Waals surface area contributed by atoms with Gasteiger partial charge in [-0.1, -0.05) is 18.2 Å². The molecule has 0 spiro atoms. The summed E-state index contributed by atoms with van der Waals surface area (Å²) in [5, 5.41) is 2.98. The average Bonchev–Trinajstić information content (AvgIpc) is 2.72. The first kappa shape index (κ1) is 17.9. The highest BCUT2D eigenvalue weighted by molar-refractivity contribution is 5.74. The summed E-state index contributed by atoms with van der Waals surface area (Å²) in [5.74, 6) is 1.44. The van der Waals surface area contributed by atoms with Gasteiger partial charge in [0.25, 0.3) is 0 Å². The number of urea groups is 1. The number of para-hydroxylation sites is 1. The quantitative estimate of drug-likeness (QED) is 0.896. The molecule has 0 saturated carbocycles. The molecule has 2 aromatic rings. The Kier molecular flexibility index (Phi) is 5.84. The number of rotatable bonds is 5. The van der Waals surface area contributed by atoms with Crippen LogP contribution < -0.4 is 19.7 Å². The van der Waals surface area contributed by atoms with Gasteiger partial charge in [-0.25, -0.2) is 4.79 Å². The van der Waals surface area contributed by atoms with Crippen molar-refractivity contribution in [2.75, 3.05) is 45.3 Å². The number of ether oxygens (including phenoxy) is 2. The zero-order chi connectivity index (χ0) is 18.4. The van der Waals surface area contributed by atoms with Crippen LogP contribution in [0.3, 0.4) is 0 Å². The lowest BCUT2D eigenvalue weighted by Gasteiger charge is -2.36. The number of anilines is 1. The number of benzene rings is 2. The van der Waals surface area contributed by atoms with Gasteiger partial charge in [0.05, 0.1) is 14.2 Å². The standard InChI is InChI=1S/C20H25N3O3/c1-25-18-9-8-16(19(14-18)26-2)15-21-20(24)23-12-10-22(11-13-23)17-6-4-3-5-7-17/h3-9,14H,10-13,15H2,1-2H3,(H,21,24). The molecule has 6 nitrogen and oxygen atoms in total. The van der Waals surface area contributed by atoms with Crippen LogP contribution in [0.15, 0.2) is 48.5 Å². The van der Waals surface area contributed by atoms with Crippen molar-refractivity contribution in [1.29, 1.82) is 0 Å². The van der Waals surface area contributed by atoms with Gasteiger partial charge in [0, 0.05) is 50.0 Å². The van der Waals surface area contributed by atoms with Crippen molar-refractivity contribution in [2.45, 2.75) is 6.54 Å². The maximum atomic E-state index is 12.5. The number of nitrogens with one attached hydrogen (secondary N) is 1. The molecule has 0 radical (unpaired) electrons. The van der Waals surface area contributed by atoms with Crippen LogP contribution in [0.5, 0.6) is 11.5 Å². The summed E-state index contributed by atoms with van der Waals surface area (Å²) >= 11 is 0. The van der Waals surface area contributed by atoms with E-state index in [-0.39, 0.29) is 6.03 Å². The number of carbonyl (C=O) groups is 1. The Hall–Kier alpha value is -2.89. The van der Waals surface area contributed by atoms with E-state index in [4.69, 9.17) is 9.47 Å². The molecule has 0 atom stereocenters. The first-order valence-corrected chi connectivity index (χ1v) is 8.75. The van der Waals surface area contributed by atoms with E-state index in [1.54, 1.807) is 14.2 Å². The second-order valence-corrected chi connectivity index (χ2v) is 6.15. The van der Waals surface area contributed by atoms with E-state index in [1.165, 1.54) is 5.69 Å². The molecule has 2 aromatic carbocycles. The van der Waals surface area contributed by atoms with Crippen molar-refractivity contribution in [3.63, 3.8) is 0 Å². The van der Waals surface area contributed by atoms with Gasteiger partial charge in [-0.05, 0) is 24.3 Å². The topological polar surface area (TPSA) is 54.0 Å². The first-order valence-electron chi connectivity index (χ1n) is 8.75. The molecule has 138 valence electrons. The molecule has 0 unspecified atom stereocenters. The minimum atomic E-state index is -0.0458. The summed E-state index contributed by atoms with van der Waals surface area (Å²) in [7, 11) is 3.23. The molecule has 6 heteroatoms. The van der Waals surface area contributed by atoms with Gasteiger partial charge in [-0.3, -0.25) is 0 Å². The van der Waals surface area contributed by atoms with E-state index in [0.29, 0.717) is 25.4 Å². The molecule has 1 N–H and O–H groups in total. The molecule has 1 aliphatic heterocycles. The Labute approximate surface area is 154 Å². The SMILES string of the molecule is COc1ccc(CNC(=O)N2CCN(c3ccccc3)CC2)c(OC)c1. The molecule has 0 bridgehead atoms. The average molecular weight is 355 g/mol. The Morgan fingerprint density at radius 1 is 1.00 bits per heavy atom. The largest absolute Gasteiger partial charge is 0.497 e. The van der Waals surface area contributed by atoms with Crippen molar-refractivity contribution >= 4 is 11.7 Å². The fraction of sp³-hybridized carbons (Fsp3) is 0.350. The van der Waals surface area contributed by atoms with E-state index in [2.05, 4.69) is 22.3 Å². The lowest BCUT2D eigenvalue weighted by molar-refractivity contribution is 0.194. The van der Waals surface area contributed by atoms with Gasteiger partial charge in [0.2, 0.25) is 0 Å². The van der Waals surface area contributed by atoms with E-state index in [9.17, 15) is 4.79 Å². The maximum absolute atomic E-state index is 12.5. The van der Waals surface area contributed by atoms with Crippen LogP contribution >= 0.6 is 0 Å². The van der Waals surface area contributed by atoms with Gasteiger partial charge in [0.1, 0.15) is 11.5 Å². The van der Waals surface area contributed by atoms with E-state index >= 15 is 0 Å². The zero-order valence-electron chi connectivity index (χ0n) is 15.3. The van der Waals surface area contributed by atoms with Crippen LogP contribution in [0, 0.1) is 0 Å². The summed E-state index contributed by atoms with van der Waals surface area (Å²) in [6, 6.07) is 15.8. The van der Waals surface area contributed by atoms with E-state index in [1.807, 2.05) is 41.3 Å². The third kappa shape index (κ3) is 4.20. The van der Waals surface area contributed by atoms with E-state index < -0.39 is 0 Å². The minimum absolute atomic E-state index is 0.0458. The van der Waals surface area contributed by atoms with Crippen LogP contribution in [0.1, 0.15) is 5.56 Å². The van der Waals surface area contributed by atoms with Crippen LogP contribution in [-0.4, -0.2) is 51.3 Å². The normalized spacial score (nSPS) is 14.1. The summed E-state index contributed by atoms with van der Waals surface area (Å²) in [5.41, 5.74) is 2.13. The predicted molar refractivity (Wildman–Crippen MR) is 102 cm³/mol. The zero-order valence-corrected chi connectivity index (χ0v) is 15.3. The maximum Gasteiger partial charge on any atom is 0.317 e. The van der Waals surface area contributed by atoms with Crippen molar-refractivity contribution in [3.8, 4) is 11.5 Å². The molecule has 1 heterocycles. The second-order valence-electron chi connectivity index (χ2n) is 6.15. The third-order valence-electron chi connectivity index (χ3n) is 4.61. The van der Waals surface area contributed by atoms with Gasteiger partial charge in [0.15, 0.2) is 0 Å². The Morgan fingerprint density at radius 2 is 1.73 bits per heavy atom. The van der Waals surface area contributed by atoms with Gasteiger partial charge in [-0.15, -0.1) is 0 Å². The molecule has 1 saturated heterocycles. The molecule has 1 fully saturated rings. The highest BCUT2D eigenvalue weighted by atomic mass is 16.5. The molecular weight excluding hydrogens is 330 g/mol. The molecule has 0 aromatic heterocycles. The van der Waals surface area contributed by atoms with Crippen molar-refractivity contribution in [1.82, 2.24) is 10.2 Å². The number of amides is 2. The molecule has 26 heavy (non-hydrogen) atoms. The van der Waals surface area contributed by atoms with Crippen LogP contribution in [-0.2, 0) is 6.54 Å². The number of methoxy groups -OCH3 is 2. The van der Waals surface area contributed by atoms with Crippen molar-refractivity contribution in [2.24, 2.45) is 0 Å². The number of nitrogens with zero attached hydrogens (tertiary/aromatic N) is 2. The van der Waals surface area contributed by atoms with Gasteiger partial charge >= 0.3 is 6.03 Å². The Balaban J connectivity index is 1.52. The van der Waals surface area contributed by atoms with Gasteiger partial charge < -0.3 is 24.6 Å². The monoisotopic (exact) mass is 355 g/mol. The lowest BCUT2D eigenvalue weighted by Crippen LogP contribution is -2.51. The lowest BCUT2D eigenvalue weighted by atomic mass is 10.2. The Bertz CT molecular complexity index is 728. The second kappa shape index (κ2) is 8.47. The van der Waals surface area contributed by atoms with Crippen LogP contribution in [0.2, 0.25) is 0 Å². The molecule has 1 aliphatic rings. The predicted octanol–water partition coefficient (Wildman–Crippen LogP) is 2.74. The molecular formula is C20H25N3O3. The number of hydrogen-bond donors (Lipinski definition) is 1. The molecule has 2 amide bonds. The minimum Gasteiger partial charge on any atom is -0.497 e. The molecule has 0 aliphatic carbocycles. The number of piperazine rings is 1. The van der Waals surface area contributed by atoms with Crippen molar-refractivity contribution in [3.05, 3.63) is 54.1 Å². The molecule has 3 rings (SSSR count). The summed E-state index contributed by atoms with van der Waals surface area (Å²) in [6.07, 6.45) is 0. The third-order valence-corrected chi connectivity index (χ3v) is 4.61. The smallest absolute Gasteiger partial charge is 0.317 e. The highest BCUT2D eigenvalue weighted by Gasteiger charge is 2.21. The summed E-state index contributed by atoms with van der Waals surface area (Å²) in [4.78, 5) is 16.6. The number of carbonyl (C=O) groups excluding carboxylic acids is 1. The van der Waals surface area contributed by atoms with Crippen LogP contribution in [0.4, 0.5) is 10.5 Å². The van der Waals surface area contributed by atoms with Crippen LogP contribution in [0.25, 0.3) is 0 Å². The fourth-order valence-electron chi connectivity index (χ4n) is 3.09. The fourth-order valence-corrected chi connectivity index (χ4v) is 3.09.